The van der Waals surface area contributed by atoms with Crippen LogP contribution in [0.4, 0.5) is 0 Å². The van der Waals surface area contributed by atoms with E-state index in [0.29, 0.717) is 12.2 Å². The molecule has 1 N–H and O–H groups in total. The van der Waals surface area contributed by atoms with Crippen LogP contribution >= 0.6 is 0 Å². The second-order valence-corrected chi connectivity index (χ2v) is 12.6. The van der Waals surface area contributed by atoms with Gasteiger partial charge in [0.15, 0.2) is 8.32 Å². The highest BCUT2D eigenvalue weighted by Crippen LogP contribution is 2.31. The molecular formula is C26H40N2O2Si. The fourth-order valence-electron chi connectivity index (χ4n) is 3.97. The van der Waals surface area contributed by atoms with Gasteiger partial charge in [-0.05, 0) is 35.8 Å². The Morgan fingerprint density at radius 1 is 0.935 bits per heavy atom. The lowest BCUT2D eigenvalue weighted by atomic mass is 10.1. The van der Waals surface area contributed by atoms with Gasteiger partial charge in [0.1, 0.15) is 0 Å². The molecule has 0 bridgehead atoms. The Kier molecular flexibility index (Phi) is 11.0. The number of nitrogens with zero attached hydrogens (tertiary/aromatic N) is 1. The van der Waals surface area contributed by atoms with Crippen molar-refractivity contribution >= 4 is 14.2 Å². The van der Waals surface area contributed by atoms with Gasteiger partial charge >= 0.3 is 0 Å². The third-order valence-corrected chi connectivity index (χ3v) is 10.6. The summed E-state index contributed by atoms with van der Waals surface area (Å²) in [5.41, 5.74) is 3.66. The first-order chi connectivity index (χ1) is 15.1. The summed E-state index contributed by atoms with van der Waals surface area (Å²) in [4.78, 5) is 16.3. The van der Waals surface area contributed by atoms with Gasteiger partial charge in [0, 0.05) is 24.4 Å². The Morgan fingerprint density at radius 2 is 1.52 bits per heavy atom. The van der Waals surface area contributed by atoms with Crippen LogP contribution in [0.1, 0.15) is 75.2 Å². The van der Waals surface area contributed by atoms with Crippen LogP contribution in [0, 0.1) is 0 Å². The van der Waals surface area contributed by atoms with Crippen LogP contribution in [-0.2, 0) is 11.0 Å². The Morgan fingerprint density at radius 3 is 2.03 bits per heavy atom. The summed E-state index contributed by atoms with van der Waals surface area (Å²) in [6, 6.07) is 15.9. The number of hydrogen-bond donors (Lipinski definition) is 1. The van der Waals surface area contributed by atoms with Crippen LogP contribution in [0.2, 0.25) is 18.1 Å². The zero-order valence-electron chi connectivity index (χ0n) is 19.9. The SMILES string of the molecule is CCCC[Si](CCCC)(CCCC)OCc1ccc(-c2cc(C(=O)NC)ccn2)cc1. The van der Waals surface area contributed by atoms with Crippen molar-refractivity contribution in [3.63, 3.8) is 0 Å². The first-order valence-electron chi connectivity index (χ1n) is 12.0. The topological polar surface area (TPSA) is 51.2 Å². The van der Waals surface area contributed by atoms with Crippen molar-refractivity contribution in [1.29, 1.82) is 0 Å². The van der Waals surface area contributed by atoms with Gasteiger partial charge in [-0.1, -0.05) is 83.6 Å². The van der Waals surface area contributed by atoms with Crippen molar-refractivity contribution in [3.05, 3.63) is 53.7 Å². The van der Waals surface area contributed by atoms with Gasteiger partial charge in [-0.15, -0.1) is 0 Å². The van der Waals surface area contributed by atoms with Crippen LogP contribution < -0.4 is 5.32 Å². The maximum absolute atomic E-state index is 11.9. The number of carbonyl (C=O) groups excluding carboxylic acids is 1. The van der Waals surface area contributed by atoms with Crippen LogP contribution in [0.15, 0.2) is 42.6 Å². The van der Waals surface area contributed by atoms with E-state index in [2.05, 4.69) is 55.3 Å². The highest BCUT2D eigenvalue weighted by molar-refractivity contribution is 6.73. The van der Waals surface area contributed by atoms with Crippen molar-refractivity contribution in [1.82, 2.24) is 10.3 Å². The summed E-state index contributed by atoms with van der Waals surface area (Å²) in [5.74, 6) is -0.0961. The van der Waals surface area contributed by atoms with Crippen molar-refractivity contribution in [2.24, 2.45) is 0 Å². The number of carbonyl (C=O) groups is 1. The fourth-order valence-corrected chi connectivity index (χ4v) is 8.62. The molecule has 0 aliphatic rings. The van der Waals surface area contributed by atoms with Gasteiger partial charge in [-0.3, -0.25) is 9.78 Å². The predicted molar refractivity (Wildman–Crippen MR) is 133 cm³/mol. The molecule has 1 aromatic carbocycles. The first kappa shape index (κ1) is 25.3. The van der Waals surface area contributed by atoms with Crippen LogP contribution in [0.25, 0.3) is 11.3 Å². The van der Waals surface area contributed by atoms with Gasteiger partial charge < -0.3 is 9.74 Å². The molecule has 5 heteroatoms. The van der Waals surface area contributed by atoms with E-state index in [1.807, 2.05) is 6.07 Å². The number of nitrogens with one attached hydrogen (secondary N) is 1. The molecule has 2 rings (SSSR count). The van der Waals surface area contributed by atoms with E-state index >= 15 is 0 Å². The normalized spacial score (nSPS) is 11.5. The minimum Gasteiger partial charge on any atom is -0.413 e. The van der Waals surface area contributed by atoms with Gasteiger partial charge in [0.05, 0.1) is 12.3 Å². The molecule has 0 saturated carbocycles. The van der Waals surface area contributed by atoms with Crippen molar-refractivity contribution in [2.45, 2.75) is 84.0 Å². The number of amides is 1. The van der Waals surface area contributed by atoms with Gasteiger partial charge in [-0.2, -0.15) is 0 Å². The molecule has 0 radical (unpaired) electrons. The highest BCUT2D eigenvalue weighted by atomic mass is 28.4. The van der Waals surface area contributed by atoms with Gasteiger partial charge in [0.2, 0.25) is 0 Å². The summed E-state index contributed by atoms with van der Waals surface area (Å²) in [7, 11) is -0.0589. The second kappa shape index (κ2) is 13.4. The summed E-state index contributed by atoms with van der Waals surface area (Å²) >= 11 is 0. The largest absolute Gasteiger partial charge is 0.413 e. The maximum Gasteiger partial charge on any atom is 0.251 e. The molecule has 0 aliphatic heterocycles. The number of aromatic nitrogens is 1. The van der Waals surface area contributed by atoms with Crippen molar-refractivity contribution < 1.29 is 9.22 Å². The fraction of sp³-hybridized carbons (Fsp3) is 0.538. The molecule has 31 heavy (non-hydrogen) atoms. The van der Waals surface area contributed by atoms with Crippen molar-refractivity contribution in [3.8, 4) is 11.3 Å². The second-order valence-electron chi connectivity index (χ2n) is 8.49. The Hall–Kier alpha value is -1.98. The first-order valence-corrected chi connectivity index (χ1v) is 14.5. The minimum absolute atomic E-state index is 0.0961. The molecule has 0 spiro atoms. The zero-order chi connectivity index (χ0) is 22.5. The van der Waals surface area contributed by atoms with Crippen LogP contribution in [-0.4, -0.2) is 26.3 Å². The third kappa shape index (κ3) is 7.89. The van der Waals surface area contributed by atoms with E-state index in [1.165, 1.54) is 62.2 Å². The van der Waals surface area contributed by atoms with E-state index in [0.717, 1.165) is 11.3 Å². The highest BCUT2D eigenvalue weighted by Gasteiger charge is 2.33. The molecule has 0 atom stereocenters. The predicted octanol–water partition coefficient (Wildman–Crippen LogP) is 6.97. The Bertz CT molecular complexity index is 770. The molecule has 0 unspecified atom stereocenters. The number of unbranched alkanes of at least 4 members (excludes halogenated alkanes) is 3. The number of rotatable bonds is 14. The number of benzene rings is 1. The molecule has 1 heterocycles. The average molecular weight is 441 g/mol. The van der Waals surface area contributed by atoms with Gasteiger partial charge in [0.25, 0.3) is 5.91 Å². The maximum atomic E-state index is 11.9. The number of pyridine rings is 1. The summed E-state index contributed by atoms with van der Waals surface area (Å²) in [6.07, 6.45) is 9.27. The average Bonchev–Trinajstić information content (AvgIpc) is 2.83. The summed E-state index contributed by atoms with van der Waals surface area (Å²) in [5, 5.41) is 2.66. The van der Waals surface area contributed by atoms with Crippen LogP contribution in [0.5, 0.6) is 0 Å². The molecule has 2 aromatic rings. The monoisotopic (exact) mass is 440 g/mol. The Balaban J connectivity index is 2.11. The van der Waals surface area contributed by atoms with E-state index in [9.17, 15) is 4.79 Å². The van der Waals surface area contributed by atoms with Gasteiger partial charge in [-0.25, -0.2) is 0 Å². The molecule has 0 aliphatic carbocycles. The standard InChI is InChI=1S/C26H40N2O2Si/c1-5-8-17-31(18-9-6-2,19-10-7-3)30-21-22-11-13-23(14-12-22)25-20-24(15-16-28-25)26(29)27-4/h11-16,20H,5-10,17-19,21H2,1-4H3,(H,27,29). The lowest BCUT2D eigenvalue weighted by Crippen LogP contribution is -2.38. The minimum atomic E-state index is -1.70. The van der Waals surface area contributed by atoms with E-state index in [-0.39, 0.29) is 5.91 Å². The quantitative estimate of drug-likeness (QED) is 0.323. The van der Waals surface area contributed by atoms with E-state index in [4.69, 9.17) is 4.43 Å². The lowest BCUT2D eigenvalue weighted by molar-refractivity contribution is 0.0963. The molecule has 4 nitrogen and oxygen atoms in total. The third-order valence-electron chi connectivity index (χ3n) is 6.00. The molecule has 170 valence electrons. The molecule has 0 fully saturated rings. The van der Waals surface area contributed by atoms with Crippen LogP contribution in [0.3, 0.4) is 0 Å². The molecule has 1 aromatic heterocycles. The molecule has 0 saturated heterocycles. The summed E-state index contributed by atoms with van der Waals surface area (Å²) in [6.45, 7) is 7.55. The lowest BCUT2D eigenvalue weighted by Gasteiger charge is -2.32. The molecular weight excluding hydrogens is 400 g/mol. The van der Waals surface area contributed by atoms with Crippen molar-refractivity contribution in [2.75, 3.05) is 7.05 Å². The smallest absolute Gasteiger partial charge is 0.251 e. The Labute approximate surface area is 190 Å². The zero-order valence-corrected chi connectivity index (χ0v) is 20.9. The molecule has 1 amide bonds. The summed E-state index contributed by atoms with van der Waals surface area (Å²) < 4.78 is 6.80. The number of hydrogen-bond acceptors (Lipinski definition) is 3. The van der Waals surface area contributed by atoms with E-state index in [1.54, 1.807) is 19.3 Å². The van der Waals surface area contributed by atoms with E-state index < -0.39 is 8.32 Å².